The summed E-state index contributed by atoms with van der Waals surface area (Å²) in [5.74, 6) is -0.448. The van der Waals surface area contributed by atoms with Crippen LogP contribution >= 0.6 is 0 Å². The Hall–Kier alpha value is -0.745. The molecule has 0 heterocycles. The van der Waals surface area contributed by atoms with Crippen LogP contribution in [0.25, 0.3) is 0 Å². The van der Waals surface area contributed by atoms with E-state index >= 15 is 0 Å². The Bertz CT molecular complexity index is 154. The molecule has 68 valence electrons. The number of nitrogens with one attached hydrogen (secondary N) is 1. The standard InChI is InChI=1S/C6H13BN2O3/c1-2-12-6(10)5(8)3-9-4-7-11/h5,9H,2-4,8H2,1H3. The molecule has 0 radical (unpaired) electrons. The van der Waals surface area contributed by atoms with E-state index in [0.29, 0.717) is 13.8 Å². The number of esters is 1. The Labute approximate surface area is 71.9 Å². The first-order valence-electron chi connectivity index (χ1n) is 3.79. The van der Waals surface area contributed by atoms with E-state index < -0.39 is 12.0 Å². The molecule has 1 atom stereocenters. The quantitative estimate of drug-likeness (QED) is 0.288. The Morgan fingerprint density at radius 3 is 2.92 bits per heavy atom. The molecule has 0 rings (SSSR count). The predicted octanol–water partition coefficient (Wildman–Crippen LogP) is -1.53. The number of hydrogen-bond acceptors (Lipinski definition) is 5. The number of carbonyl (C=O) groups is 1. The third-order valence-electron chi connectivity index (χ3n) is 1.18. The monoisotopic (exact) mass is 172 g/mol. The average molecular weight is 172 g/mol. The molecule has 0 bridgehead atoms. The van der Waals surface area contributed by atoms with Gasteiger partial charge in [-0.2, -0.15) is 0 Å². The molecule has 0 saturated carbocycles. The second-order valence-electron chi connectivity index (χ2n) is 2.18. The fourth-order valence-corrected chi connectivity index (χ4v) is 0.630. The van der Waals surface area contributed by atoms with Crippen LogP contribution in [0, 0.1) is 0 Å². The van der Waals surface area contributed by atoms with E-state index in [2.05, 4.69) is 10.1 Å². The zero-order chi connectivity index (χ0) is 9.40. The summed E-state index contributed by atoms with van der Waals surface area (Å²) in [5, 5.41) is 2.68. The normalized spacial score (nSPS) is 11.8. The van der Waals surface area contributed by atoms with Crippen molar-refractivity contribution in [3.63, 3.8) is 0 Å². The molecule has 1 unspecified atom stereocenters. The SMILES string of the molecule is CCOC(=O)C(N)CNCB=O. The zero-order valence-corrected chi connectivity index (χ0v) is 7.08. The maximum absolute atomic E-state index is 10.9. The van der Waals surface area contributed by atoms with Crippen LogP contribution in [-0.4, -0.2) is 38.8 Å². The molecule has 0 fully saturated rings. The van der Waals surface area contributed by atoms with Gasteiger partial charge in [-0.05, 0) is 0 Å². The van der Waals surface area contributed by atoms with Crippen LogP contribution in [0.4, 0.5) is 0 Å². The molecule has 0 amide bonds. The molecule has 12 heavy (non-hydrogen) atoms. The van der Waals surface area contributed by atoms with Gasteiger partial charge in [-0.25, -0.2) is 0 Å². The molecular formula is C6H13BN2O3. The van der Waals surface area contributed by atoms with Gasteiger partial charge in [0, 0.05) is 0 Å². The first-order chi connectivity index (χ1) is 5.72. The van der Waals surface area contributed by atoms with Gasteiger partial charge in [0.2, 0.25) is 0 Å². The van der Waals surface area contributed by atoms with Crippen LogP contribution in [0.1, 0.15) is 6.92 Å². The van der Waals surface area contributed by atoms with Crippen molar-refractivity contribution in [1.29, 1.82) is 0 Å². The van der Waals surface area contributed by atoms with Gasteiger partial charge in [-0.15, -0.1) is 0 Å². The van der Waals surface area contributed by atoms with Gasteiger partial charge in [0.15, 0.2) is 0 Å². The molecule has 0 aliphatic heterocycles. The van der Waals surface area contributed by atoms with Crippen molar-refractivity contribution in [3.05, 3.63) is 0 Å². The average Bonchev–Trinajstić information content (AvgIpc) is 2.05. The van der Waals surface area contributed by atoms with Crippen molar-refractivity contribution >= 4 is 13.1 Å². The van der Waals surface area contributed by atoms with Crippen LogP contribution < -0.4 is 11.1 Å². The van der Waals surface area contributed by atoms with Crippen molar-refractivity contribution in [3.8, 4) is 0 Å². The van der Waals surface area contributed by atoms with Gasteiger partial charge in [-0.3, -0.25) is 0 Å². The Kier molecular flexibility index (Phi) is 6.50. The van der Waals surface area contributed by atoms with Gasteiger partial charge in [0.1, 0.15) is 0 Å². The number of carbonyl (C=O) groups excluding carboxylic acids is 1. The fourth-order valence-electron chi connectivity index (χ4n) is 0.630. The summed E-state index contributed by atoms with van der Waals surface area (Å²) in [5.41, 5.74) is 5.39. The molecule has 0 aromatic heterocycles. The minimum atomic E-state index is -0.690. The first kappa shape index (κ1) is 11.3. The van der Waals surface area contributed by atoms with Crippen molar-refractivity contribution in [2.45, 2.75) is 13.0 Å². The minimum absolute atomic E-state index is 0.201. The van der Waals surface area contributed by atoms with Crippen molar-refractivity contribution in [2.24, 2.45) is 5.73 Å². The van der Waals surface area contributed by atoms with Crippen molar-refractivity contribution < 1.29 is 14.2 Å². The van der Waals surface area contributed by atoms with Gasteiger partial charge in [0.25, 0.3) is 0 Å². The van der Waals surface area contributed by atoms with E-state index in [-0.39, 0.29) is 13.0 Å². The van der Waals surface area contributed by atoms with Gasteiger partial charge in [0.05, 0.1) is 0 Å². The van der Waals surface area contributed by atoms with E-state index in [4.69, 9.17) is 5.73 Å². The molecule has 0 aliphatic rings. The maximum atomic E-state index is 10.9. The molecule has 3 N–H and O–H groups in total. The second-order valence-corrected chi connectivity index (χ2v) is 2.18. The predicted molar refractivity (Wildman–Crippen MR) is 43.9 cm³/mol. The number of hydrogen-bond donors (Lipinski definition) is 2. The summed E-state index contributed by atoms with van der Waals surface area (Å²) in [7, 11) is 0.706. The molecule has 0 aromatic carbocycles. The fraction of sp³-hybridized carbons (Fsp3) is 0.833. The summed E-state index contributed by atoms with van der Waals surface area (Å²) in [6.45, 7) is 2.29. The Balaban J connectivity index is 3.49. The van der Waals surface area contributed by atoms with Gasteiger partial charge in [-0.1, -0.05) is 0 Å². The van der Waals surface area contributed by atoms with Crippen LogP contribution in [0.15, 0.2) is 0 Å². The molecule has 5 nitrogen and oxygen atoms in total. The topological polar surface area (TPSA) is 81.4 Å². The summed E-state index contributed by atoms with van der Waals surface area (Å²) < 4.78 is 14.5. The number of nitrogens with two attached hydrogens (primary N) is 1. The van der Waals surface area contributed by atoms with Crippen LogP contribution in [-0.2, 0) is 14.2 Å². The van der Waals surface area contributed by atoms with E-state index in [1.54, 1.807) is 6.92 Å². The van der Waals surface area contributed by atoms with Crippen LogP contribution in [0.5, 0.6) is 0 Å². The first-order valence-corrected chi connectivity index (χ1v) is 3.79. The molecule has 0 aliphatic carbocycles. The summed E-state index contributed by atoms with van der Waals surface area (Å²) in [4.78, 5) is 10.9. The zero-order valence-electron chi connectivity index (χ0n) is 7.08. The second kappa shape index (κ2) is 6.93. The van der Waals surface area contributed by atoms with E-state index in [1.807, 2.05) is 0 Å². The van der Waals surface area contributed by atoms with Crippen LogP contribution in [0.2, 0.25) is 0 Å². The summed E-state index contributed by atoms with van der Waals surface area (Å²) >= 11 is 0. The molecule has 0 saturated heterocycles. The Morgan fingerprint density at radius 1 is 1.75 bits per heavy atom. The molecule has 6 heteroatoms. The van der Waals surface area contributed by atoms with E-state index in [0.717, 1.165) is 0 Å². The van der Waals surface area contributed by atoms with E-state index in [1.165, 1.54) is 0 Å². The Morgan fingerprint density at radius 2 is 2.42 bits per heavy atom. The van der Waals surface area contributed by atoms with Crippen molar-refractivity contribution in [2.75, 3.05) is 19.6 Å². The van der Waals surface area contributed by atoms with Crippen molar-refractivity contribution in [1.82, 2.24) is 5.32 Å². The summed E-state index contributed by atoms with van der Waals surface area (Å²) in [6, 6.07) is -0.690. The number of rotatable bonds is 6. The third kappa shape index (κ3) is 4.98. The van der Waals surface area contributed by atoms with E-state index in [9.17, 15) is 9.50 Å². The van der Waals surface area contributed by atoms with Gasteiger partial charge >= 0.3 is 71.0 Å². The van der Waals surface area contributed by atoms with Crippen LogP contribution in [0.3, 0.4) is 0 Å². The van der Waals surface area contributed by atoms with Gasteiger partial charge < -0.3 is 0 Å². The summed E-state index contributed by atoms with van der Waals surface area (Å²) in [6.07, 6.45) is 0.201. The molecule has 0 spiro atoms. The number of ether oxygens (including phenoxy) is 1. The molecular weight excluding hydrogens is 159 g/mol. The molecule has 0 aromatic rings. The third-order valence-corrected chi connectivity index (χ3v) is 1.18.